The summed E-state index contributed by atoms with van der Waals surface area (Å²) in [6.07, 6.45) is 3.74. The first-order valence-electron chi connectivity index (χ1n) is 7.15. The van der Waals surface area contributed by atoms with Gasteiger partial charge in [0.05, 0.1) is 7.11 Å². The maximum absolute atomic E-state index is 10.1. The average molecular weight is 263 g/mol. The van der Waals surface area contributed by atoms with Crippen molar-refractivity contribution in [3.63, 3.8) is 0 Å². The first-order chi connectivity index (χ1) is 9.08. The predicted molar refractivity (Wildman–Crippen MR) is 77.6 cm³/mol. The molecule has 1 aliphatic heterocycles. The predicted octanol–water partition coefficient (Wildman–Crippen LogP) is 3.41. The number of para-hydroxylation sites is 1. The molecule has 1 aromatic rings. The van der Waals surface area contributed by atoms with Crippen LogP contribution in [0, 0.1) is 5.41 Å². The Bertz CT molecular complexity index is 423. The highest BCUT2D eigenvalue weighted by Crippen LogP contribution is 2.36. The number of likely N-dealkylation sites (tertiary alicyclic amines) is 1. The number of ether oxygens (including phenoxy) is 1. The molecule has 1 saturated heterocycles. The average Bonchev–Trinajstić information content (AvgIpc) is 2.44. The Kier molecular flexibility index (Phi) is 4.35. The van der Waals surface area contributed by atoms with Gasteiger partial charge in [-0.2, -0.15) is 0 Å². The normalized spacial score (nSPS) is 19.3. The van der Waals surface area contributed by atoms with Crippen LogP contribution in [0.1, 0.15) is 38.7 Å². The quantitative estimate of drug-likeness (QED) is 0.903. The van der Waals surface area contributed by atoms with Gasteiger partial charge in [0.2, 0.25) is 0 Å². The molecule has 0 unspecified atom stereocenters. The van der Waals surface area contributed by atoms with E-state index in [1.165, 1.54) is 19.3 Å². The Hall–Kier alpha value is -1.22. The summed E-state index contributed by atoms with van der Waals surface area (Å²) >= 11 is 0. The molecule has 0 amide bonds. The van der Waals surface area contributed by atoms with Gasteiger partial charge in [-0.05, 0) is 37.4 Å². The van der Waals surface area contributed by atoms with E-state index in [4.69, 9.17) is 4.74 Å². The number of piperidine rings is 1. The molecular weight excluding hydrogens is 238 g/mol. The van der Waals surface area contributed by atoms with Gasteiger partial charge < -0.3 is 9.84 Å². The molecular formula is C16H25NO2. The van der Waals surface area contributed by atoms with Crippen molar-refractivity contribution in [2.45, 2.75) is 39.7 Å². The minimum Gasteiger partial charge on any atom is -0.504 e. The number of nitrogens with zero attached hydrogens (tertiary/aromatic N) is 1. The Morgan fingerprint density at radius 3 is 2.58 bits per heavy atom. The van der Waals surface area contributed by atoms with Crippen molar-refractivity contribution in [1.82, 2.24) is 4.90 Å². The van der Waals surface area contributed by atoms with Crippen LogP contribution in [-0.4, -0.2) is 30.2 Å². The Morgan fingerprint density at radius 1 is 1.32 bits per heavy atom. The zero-order valence-corrected chi connectivity index (χ0v) is 12.3. The molecule has 0 spiro atoms. The summed E-state index contributed by atoms with van der Waals surface area (Å²) < 4.78 is 5.16. The lowest BCUT2D eigenvalue weighted by atomic mass is 9.78. The van der Waals surface area contributed by atoms with Crippen molar-refractivity contribution in [3.8, 4) is 11.5 Å². The molecule has 0 bridgehead atoms. The minimum atomic E-state index is 0.286. The smallest absolute Gasteiger partial charge is 0.162 e. The number of hydrogen-bond acceptors (Lipinski definition) is 3. The molecule has 1 fully saturated rings. The molecule has 1 aromatic carbocycles. The maximum atomic E-state index is 10.1. The van der Waals surface area contributed by atoms with E-state index in [1.807, 2.05) is 12.1 Å². The van der Waals surface area contributed by atoms with Crippen molar-refractivity contribution >= 4 is 0 Å². The summed E-state index contributed by atoms with van der Waals surface area (Å²) in [5.74, 6) is 0.849. The van der Waals surface area contributed by atoms with Gasteiger partial charge in [-0.25, -0.2) is 0 Å². The van der Waals surface area contributed by atoms with Crippen LogP contribution in [0.4, 0.5) is 0 Å². The molecule has 3 nitrogen and oxygen atoms in total. The summed E-state index contributed by atoms with van der Waals surface area (Å²) in [5.41, 5.74) is 1.46. The molecule has 0 radical (unpaired) electrons. The van der Waals surface area contributed by atoms with Crippen molar-refractivity contribution < 1.29 is 9.84 Å². The second-order valence-corrected chi connectivity index (χ2v) is 5.91. The van der Waals surface area contributed by atoms with Crippen LogP contribution in [0.5, 0.6) is 11.5 Å². The maximum Gasteiger partial charge on any atom is 0.162 e. The van der Waals surface area contributed by atoms with Gasteiger partial charge in [-0.15, -0.1) is 0 Å². The second-order valence-electron chi connectivity index (χ2n) is 5.91. The fourth-order valence-electron chi connectivity index (χ4n) is 2.71. The van der Waals surface area contributed by atoms with Gasteiger partial charge in [0.15, 0.2) is 11.5 Å². The van der Waals surface area contributed by atoms with Gasteiger partial charge in [-0.1, -0.05) is 32.4 Å². The highest BCUT2D eigenvalue weighted by Gasteiger charge is 2.28. The second kappa shape index (κ2) is 5.83. The Balaban J connectivity index is 2.00. The summed E-state index contributed by atoms with van der Waals surface area (Å²) in [5, 5.41) is 10.1. The first kappa shape index (κ1) is 14.2. The van der Waals surface area contributed by atoms with E-state index < -0.39 is 0 Å². The summed E-state index contributed by atoms with van der Waals surface area (Å²) in [6, 6.07) is 5.71. The minimum absolute atomic E-state index is 0.286. The van der Waals surface area contributed by atoms with E-state index in [2.05, 4.69) is 18.7 Å². The molecule has 0 aromatic heterocycles. The molecule has 1 N–H and O–H groups in total. The summed E-state index contributed by atoms with van der Waals surface area (Å²) in [6.45, 7) is 7.70. The van der Waals surface area contributed by atoms with Gasteiger partial charge in [0.25, 0.3) is 0 Å². The third-order valence-electron chi connectivity index (χ3n) is 4.61. The molecule has 0 saturated carbocycles. The number of benzene rings is 1. The van der Waals surface area contributed by atoms with Crippen LogP contribution in [-0.2, 0) is 6.54 Å². The highest BCUT2D eigenvalue weighted by atomic mass is 16.5. The summed E-state index contributed by atoms with van der Waals surface area (Å²) in [7, 11) is 1.59. The topological polar surface area (TPSA) is 32.7 Å². The fraction of sp³-hybridized carbons (Fsp3) is 0.625. The zero-order valence-electron chi connectivity index (χ0n) is 12.3. The van der Waals surface area contributed by atoms with E-state index in [9.17, 15) is 5.11 Å². The molecule has 0 atom stereocenters. The van der Waals surface area contributed by atoms with E-state index in [-0.39, 0.29) is 5.75 Å². The van der Waals surface area contributed by atoms with Gasteiger partial charge in [0.1, 0.15) is 0 Å². The summed E-state index contributed by atoms with van der Waals surface area (Å²) in [4.78, 5) is 2.42. The third kappa shape index (κ3) is 3.21. The lowest BCUT2D eigenvalue weighted by Gasteiger charge is -2.39. The van der Waals surface area contributed by atoms with Crippen LogP contribution >= 0.6 is 0 Å². The van der Waals surface area contributed by atoms with Crippen LogP contribution in [0.15, 0.2) is 18.2 Å². The van der Waals surface area contributed by atoms with E-state index in [1.54, 1.807) is 13.2 Å². The van der Waals surface area contributed by atoms with Gasteiger partial charge in [-0.3, -0.25) is 4.90 Å². The van der Waals surface area contributed by atoms with Crippen molar-refractivity contribution in [3.05, 3.63) is 23.8 Å². The van der Waals surface area contributed by atoms with E-state index in [0.717, 1.165) is 25.2 Å². The largest absolute Gasteiger partial charge is 0.504 e. The van der Waals surface area contributed by atoms with E-state index in [0.29, 0.717) is 11.2 Å². The van der Waals surface area contributed by atoms with Crippen LogP contribution in [0.3, 0.4) is 0 Å². The number of methoxy groups -OCH3 is 1. The number of phenolic OH excluding ortho intramolecular Hbond substituents is 1. The third-order valence-corrected chi connectivity index (χ3v) is 4.61. The van der Waals surface area contributed by atoms with Crippen molar-refractivity contribution in [2.75, 3.05) is 20.2 Å². The molecule has 1 aliphatic rings. The zero-order chi connectivity index (χ0) is 13.9. The van der Waals surface area contributed by atoms with Crippen molar-refractivity contribution in [2.24, 2.45) is 5.41 Å². The lowest BCUT2D eigenvalue weighted by molar-refractivity contribution is 0.109. The monoisotopic (exact) mass is 263 g/mol. The molecule has 106 valence electrons. The molecule has 2 rings (SSSR count). The number of hydrogen-bond donors (Lipinski definition) is 1. The van der Waals surface area contributed by atoms with Crippen LogP contribution in [0.2, 0.25) is 0 Å². The standard InChI is InChI=1S/C16H25NO2/c1-4-16(2)8-10-17(11-9-16)12-13-6-5-7-14(19-3)15(13)18/h5-7,18H,4,8-12H2,1-3H3. The Labute approximate surface area is 116 Å². The molecule has 1 heterocycles. The molecule has 19 heavy (non-hydrogen) atoms. The number of phenols is 1. The lowest BCUT2D eigenvalue weighted by Crippen LogP contribution is -2.37. The van der Waals surface area contributed by atoms with Crippen LogP contribution in [0.25, 0.3) is 0 Å². The highest BCUT2D eigenvalue weighted by molar-refractivity contribution is 5.45. The van der Waals surface area contributed by atoms with Gasteiger partial charge >= 0.3 is 0 Å². The first-order valence-corrected chi connectivity index (χ1v) is 7.15. The fourth-order valence-corrected chi connectivity index (χ4v) is 2.71. The molecule has 0 aliphatic carbocycles. The van der Waals surface area contributed by atoms with Gasteiger partial charge in [0, 0.05) is 12.1 Å². The van der Waals surface area contributed by atoms with Crippen LogP contribution < -0.4 is 4.74 Å². The Morgan fingerprint density at radius 2 is 2.00 bits per heavy atom. The SMILES string of the molecule is CCC1(C)CCN(Cc2cccc(OC)c2O)CC1. The molecule has 3 heteroatoms. The van der Waals surface area contributed by atoms with Crippen molar-refractivity contribution in [1.29, 1.82) is 0 Å². The number of aromatic hydroxyl groups is 1. The number of rotatable bonds is 4. The van der Waals surface area contributed by atoms with E-state index >= 15 is 0 Å².